The average molecular weight is 322 g/mol. The van der Waals surface area contributed by atoms with E-state index in [9.17, 15) is 0 Å². The smallest absolute Gasteiger partial charge is 0.209 e. The van der Waals surface area contributed by atoms with E-state index in [-0.39, 0.29) is 0 Å². The highest BCUT2D eigenvalue weighted by molar-refractivity contribution is 5.57. The summed E-state index contributed by atoms with van der Waals surface area (Å²) in [6.07, 6.45) is 6.25. The molecule has 0 amide bonds. The largest absolute Gasteiger partial charge is 0.497 e. The van der Waals surface area contributed by atoms with Crippen LogP contribution in [0.5, 0.6) is 5.75 Å². The summed E-state index contributed by atoms with van der Waals surface area (Å²) in [4.78, 5) is 15.2. The zero-order valence-electron chi connectivity index (χ0n) is 13.5. The Morgan fingerprint density at radius 2 is 2.04 bits per heavy atom. The van der Waals surface area contributed by atoms with Crippen molar-refractivity contribution >= 4 is 0 Å². The molecule has 0 N–H and O–H groups in total. The number of rotatable bonds is 4. The van der Waals surface area contributed by atoms with Crippen LogP contribution in [0.25, 0.3) is 11.3 Å². The van der Waals surface area contributed by atoms with Gasteiger partial charge in [0.25, 0.3) is 0 Å². The van der Waals surface area contributed by atoms with Gasteiger partial charge in [-0.25, -0.2) is 15.0 Å². The quantitative estimate of drug-likeness (QED) is 0.736. The van der Waals surface area contributed by atoms with E-state index in [1.54, 1.807) is 19.6 Å². The van der Waals surface area contributed by atoms with Gasteiger partial charge in [-0.1, -0.05) is 0 Å². The molecule has 6 heteroatoms. The van der Waals surface area contributed by atoms with Gasteiger partial charge >= 0.3 is 0 Å². The average Bonchev–Trinajstić information content (AvgIpc) is 3.10. The first kappa shape index (κ1) is 14.8. The van der Waals surface area contributed by atoms with E-state index in [0.29, 0.717) is 6.54 Å². The minimum atomic E-state index is 0.680. The van der Waals surface area contributed by atoms with Crippen molar-refractivity contribution in [3.8, 4) is 17.1 Å². The second-order valence-corrected chi connectivity index (χ2v) is 5.80. The Balaban J connectivity index is 1.46. The molecular weight excluding hydrogens is 304 g/mol. The predicted molar refractivity (Wildman–Crippen MR) is 88.3 cm³/mol. The van der Waals surface area contributed by atoms with Crippen LogP contribution in [0.4, 0.5) is 0 Å². The van der Waals surface area contributed by atoms with Gasteiger partial charge in [-0.2, -0.15) is 0 Å². The predicted octanol–water partition coefficient (Wildman–Crippen LogP) is 2.70. The highest BCUT2D eigenvalue weighted by Crippen LogP contribution is 2.24. The highest BCUT2D eigenvalue weighted by Gasteiger charge is 2.19. The Labute approximate surface area is 140 Å². The number of nitrogens with zero attached hydrogens (tertiary/aromatic N) is 4. The number of fused-ring (bicyclic) bond motifs is 1. The number of oxazole rings is 1. The lowest BCUT2D eigenvalue weighted by atomic mass is 10.1. The molecule has 3 aromatic rings. The van der Waals surface area contributed by atoms with Crippen LogP contribution in [-0.2, 0) is 19.5 Å². The van der Waals surface area contributed by atoms with Crippen LogP contribution in [0.3, 0.4) is 0 Å². The van der Waals surface area contributed by atoms with Crippen LogP contribution in [0.15, 0.2) is 47.4 Å². The molecule has 0 fully saturated rings. The van der Waals surface area contributed by atoms with Crippen molar-refractivity contribution < 1.29 is 9.15 Å². The summed E-state index contributed by atoms with van der Waals surface area (Å²) >= 11 is 0. The van der Waals surface area contributed by atoms with E-state index in [1.807, 2.05) is 30.5 Å². The first-order valence-electron chi connectivity index (χ1n) is 7.91. The number of hydrogen-bond donors (Lipinski definition) is 0. The molecule has 0 radical (unpaired) electrons. The molecule has 0 saturated heterocycles. The summed E-state index contributed by atoms with van der Waals surface area (Å²) < 4.78 is 11.1. The molecule has 6 nitrogen and oxygen atoms in total. The van der Waals surface area contributed by atoms with Crippen LogP contribution in [-0.4, -0.2) is 33.5 Å². The molecule has 1 aromatic carbocycles. The first-order chi connectivity index (χ1) is 11.8. The summed E-state index contributed by atoms with van der Waals surface area (Å²) in [5.41, 5.74) is 3.32. The van der Waals surface area contributed by atoms with Gasteiger partial charge in [-0.05, 0) is 36.2 Å². The van der Waals surface area contributed by atoms with Gasteiger partial charge in [0.1, 0.15) is 12.1 Å². The number of aromatic nitrogens is 3. The van der Waals surface area contributed by atoms with E-state index in [4.69, 9.17) is 9.15 Å². The van der Waals surface area contributed by atoms with E-state index < -0.39 is 0 Å². The molecule has 1 aliphatic rings. The molecule has 1 aliphatic heterocycles. The van der Waals surface area contributed by atoms with Crippen molar-refractivity contribution in [3.63, 3.8) is 0 Å². The molecule has 0 atom stereocenters. The van der Waals surface area contributed by atoms with Crippen LogP contribution in [0, 0.1) is 0 Å². The van der Waals surface area contributed by atoms with Gasteiger partial charge in [-0.15, -0.1) is 0 Å². The highest BCUT2D eigenvalue weighted by atomic mass is 16.5. The summed E-state index contributed by atoms with van der Waals surface area (Å²) in [5.74, 6) is 2.32. The summed E-state index contributed by atoms with van der Waals surface area (Å²) in [6, 6.07) is 7.77. The Kier molecular flexibility index (Phi) is 3.96. The van der Waals surface area contributed by atoms with E-state index in [0.717, 1.165) is 48.2 Å². The molecule has 0 saturated carbocycles. The normalized spacial score (nSPS) is 14.4. The standard InChI is InChI=1S/C18H18N4O2/c1-23-15-4-2-13(3-5-15)17-9-20-18(24-17)11-22-7-6-14-8-19-12-21-16(14)10-22/h2-5,8-9,12H,6-7,10-11H2,1H3. The monoisotopic (exact) mass is 322 g/mol. The van der Waals surface area contributed by atoms with Crippen LogP contribution < -0.4 is 4.74 Å². The van der Waals surface area contributed by atoms with Gasteiger partial charge in [-0.3, -0.25) is 4.90 Å². The second kappa shape index (κ2) is 6.41. The maximum Gasteiger partial charge on any atom is 0.209 e. The second-order valence-electron chi connectivity index (χ2n) is 5.80. The van der Waals surface area contributed by atoms with E-state index >= 15 is 0 Å². The van der Waals surface area contributed by atoms with Crippen molar-refractivity contribution in [2.75, 3.05) is 13.7 Å². The third-order valence-corrected chi connectivity index (χ3v) is 4.24. The molecule has 0 aliphatic carbocycles. The number of hydrogen-bond acceptors (Lipinski definition) is 6. The van der Waals surface area contributed by atoms with Crippen LogP contribution in [0.1, 0.15) is 17.1 Å². The van der Waals surface area contributed by atoms with Crippen LogP contribution >= 0.6 is 0 Å². The zero-order chi connectivity index (χ0) is 16.4. The van der Waals surface area contributed by atoms with E-state index in [2.05, 4.69) is 19.9 Å². The minimum Gasteiger partial charge on any atom is -0.497 e. The molecule has 122 valence electrons. The Morgan fingerprint density at radius 3 is 2.88 bits per heavy atom. The van der Waals surface area contributed by atoms with Gasteiger partial charge in [0.15, 0.2) is 5.76 Å². The van der Waals surface area contributed by atoms with Gasteiger partial charge in [0, 0.05) is 24.8 Å². The van der Waals surface area contributed by atoms with Gasteiger partial charge in [0.2, 0.25) is 5.89 Å². The Bertz CT molecular complexity index is 829. The van der Waals surface area contributed by atoms with E-state index in [1.165, 1.54) is 5.56 Å². The molecule has 0 bridgehead atoms. The van der Waals surface area contributed by atoms with Gasteiger partial charge in [0.05, 0.1) is 25.5 Å². The number of ether oxygens (including phenoxy) is 1. The van der Waals surface area contributed by atoms with Crippen LogP contribution in [0.2, 0.25) is 0 Å². The summed E-state index contributed by atoms with van der Waals surface area (Å²) in [5, 5.41) is 0. The Morgan fingerprint density at radius 1 is 1.17 bits per heavy atom. The minimum absolute atomic E-state index is 0.680. The fourth-order valence-electron chi connectivity index (χ4n) is 2.90. The lowest BCUT2D eigenvalue weighted by molar-refractivity contribution is 0.218. The third kappa shape index (κ3) is 3.00. The summed E-state index contributed by atoms with van der Waals surface area (Å²) in [6.45, 7) is 2.44. The van der Waals surface area contributed by atoms with Crippen molar-refractivity contribution in [3.05, 3.63) is 60.1 Å². The zero-order valence-corrected chi connectivity index (χ0v) is 13.5. The molecule has 2 aromatic heterocycles. The summed E-state index contributed by atoms with van der Waals surface area (Å²) in [7, 11) is 1.66. The SMILES string of the molecule is COc1ccc(-c2cnc(CN3CCc4cncnc4C3)o2)cc1. The number of benzene rings is 1. The van der Waals surface area contributed by atoms with Crippen molar-refractivity contribution in [2.45, 2.75) is 19.5 Å². The lowest BCUT2D eigenvalue weighted by Crippen LogP contribution is -2.30. The third-order valence-electron chi connectivity index (χ3n) is 4.24. The fraction of sp³-hybridized carbons (Fsp3) is 0.278. The molecule has 0 spiro atoms. The Hall–Kier alpha value is -2.73. The van der Waals surface area contributed by atoms with Crippen molar-refractivity contribution in [1.82, 2.24) is 19.9 Å². The topological polar surface area (TPSA) is 64.3 Å². The van der Waals surface area contributed by atoms with Gasteiger partial charge < -0.3 is 9.15 Å². The van der Waals surface area contributed by atoms with Crippen molar-refractivity contribution in [2.24, 2.45) is 0 Å². The molecular formula is C18H18N4O2. The molecule has 3 heterocycles. The fourth-order valence-corrected chi connectivity index (χ4v) is 2.90. The number of methoxy groups -OCH3 is 1. The molecule has 4 rings (SSSR count). The lowest BCUT2D eigenvalue weighted by Gasteiger charge is -2.26. The van der Waals surface area contributed by atoms with Crippen molar-refractivity contribution in [1.29, 1.82) is 0 Å². The maximum atomic E-state index is 5.91. The maximum absolute atomic E-state index is 5.91. The molecule has 0 unspecified atom stereocenters. The molecule has 24 heavy (non-hydrogen) atoms. The first-order valence-corrected chi connectivity index (χ1v) is 7.91.